The Hall–Kier alpha value is -4.53. The molecule has 3 aromatic rings. The van der Waals surface area contributed by atoms with Gasteiger partial charge in [0.25, 0.3) is 11.7 Å². The monoisotopic (exact) mass is 518 g/mol. The van der Waals surface area contributed by atoms with Crippen LogP contribution >= 0.6 is 0 Å². The van der Waals surface area contributed by atoms with E-state index in [-0.39, 0.29) is 24.0 Å². The third-order valence-electron chi connectivity index (χ3n) is 6.10. The highest BCUT2D eigenvalue weighted by atomic mass is 16.5. The molecular formula is C29H30N2O7. The number of pyridine rings is 1. The van der Waals surface area contributed by atoms with Gasteiger partial charge in [-0.3, -0.25) is 14.6 Å². The highest BCUT2D eigenvalue weighted by Crippen LogP contribution is 2.46. The molecule has 2 heterocycles. The second-order valence-electron chi connectivity index (χ2n) is 8.90. The molecule has 4 rings (SSSR count). The van der Waals surface area contributed by atoms with E-state index in [4.69, 9.17) is 18.9 Å². The van der Waals surface area contributed by atoms with Crippen LogP contribution in [0.2, 0.25) is 0 Å². The summed E-state index contributed by atoms with van der Waals surface area (Å²) in [5.74, 6) is -0.187. The molecule has 1 amide bonds. The third-order valence-corrected chi connectivity index (χ3v) is 6.10. The van der Waals surface area contributed by atoms with E-state index in [0.717, 1.165) is 0 Å². The number of hydrogen-bond acceptors (Lipinski definition) is 8. The molecule has 1 aliphatic rings. The quantitative estimate of drug-likeness (QED) is 0.250. The number of carbonyl (C=O) groups is 2. The number of methoxy groups -OCH3 is 3. The number of aromatic nitrogens is 1. The molecule has 0 bridgehead atoms. The molecule has 1 unspecified atom stereocenters. The van der Waals surface area contributed by atoms with Crippen LogP contribution in [-0.2, 0) is 16.1 Å². The van der Waals surface area contributed by atoms with Crippen molar-refractivity contribution < 1.29 is 33.6 Å². The minimum Gasteiger partial charge on any atom is -0.507 e. The van der Waals surface area contributed by atoms with Crippen LogP contribution in [0.15, 0.2) is 66.4 Å². The minimum absolute atomic E-state index is 0.0219. The predicted octanol–water partition coefficient (Wildman–Crippen LogP) is 4.52. The normalized spacial score (nSPS) is 16.6. The lowest BCUT2D eigenvalue weighted by Gasteiger charge is -2.26. The van der Waals surface area contributed by atoms with E-state index in [2.05, 4.69) is 4.98 Å². The molecule has 0 radical (unpaired) electrons. The second-order valence-corrected chi connectivity index (χ2v) is 8.90. The third kappa shape index (κ3) is 5.13. The van der Waals surface area contributed by atoms with Crippen LogP contribution in [0.5, 0.6) is 23.0 Å². The molecule has 1 atom stereocenters. The predicted molar refractivity (Wildman–Crippen MR) is 140 cm³/mol. The average molecular weight is 519 g/mol. The summed E-state index contributed by atoms with van der Waals surface area (Å²) in [6, 6.07) is 14.4. The smallest absolute Gasteiger partial charge is 0.296 e. The first-order valence-electron chi connectivity index (χ1n) is 12.0. The van der Waals surface area contributed by atoms with Gasteiger partial charge in [0.15, 0.2) is 11.5 Å². The zero-order valence-corrected chi connectivity index (χ0v) is 21.9. The van der Waals surface area contributed by atoms with Gasteiger partial charge in [-0.25, -0.2) is 0 Å². The lowest BCUT2D eigenvalue weighted by Crippen LogP contribution is -2.29. The van der Waals surface area contributed by atoms with Crippen LogP contribution in [0, 0.1) is 0 Å². The maximum Gasteiger partial charge on any atom is 0.296 e. The highest BCUT2D eigenvalue weighted by Gasteiger charge is 2.46. The Labute approximate surface area is 221 Å². The van der Waals surface area contributed by atoms with Gasteiger partial charge in [0.05, 0.1) is 51.3 Å². The molecule has 0 saturated carbocycles. The van der Waals surface area contributed by atoms with Crippen molar-refractivity contribution in [2.24, 2.45) is 0 Å². The number of carbonyl (C=O) groups excluding carboxylic acids is 2. The molecule has 1 aliphatic heterocycles. The Morgan fingerprint density at radius 1 is 0.974 bits per heavy atom. The molecule has 2 aromatic carbocycles. The van der Waals surface area contributed by atoms with Crippen molar-refractivity contribution in [3.8, 4) is 23.0 Å². The fourth-order valence-corrected chi connectivity index (χ4v) is 4.43. The number of ether oxygens (including phenoxy) is 4. The van der Waals surface area contributed by atoms with Gasteiger partial charge in [-0.1, -0.05) is 6.07 Å². The second kappa shape index (κ2) is 11.2. The van der Waals surface area contributed by atoms with Gasteiger partial charge >= 0.3 is 0 Å². The summed E-state index contributed by atoms with van der Waals surface area (Å²) in [5.41, 5.74) is 1.39. The number of ketones is 1. The molecule has 1 aromatic heterocycles. The summed E-state index contributed by atoms with van der Waals surface area (Å²) >= 11 is 0. The first-order valence-corrected chi connectivity index (χ1v) is 12.0. The summed E-state index contributed by atoms with van der Waals surface area (Å²) in [6.07, 6.45) is 1.59. The zero-order valence-electron chi connectivity index (χ0n) is 21.9. The molecular weight excluding hydrogens is 488 g/mol. The van der Waals surface area contributed by atoms with E-state index >= 15 is 0 Å². The van der Waals surface area contributed by atoms with Gasteiger partial charge in [0.1, 0.15) is 11.5 Å². The Morgan fingerprint density at radius 3 is 2.16 bits per heavy atom. The minimum atomic E-state index is -0.947. The number of hydrogen-bond donors (Lipinski definition) is 1. The van der Waals surface area contributed by atoms with E-state index in [1.807, 2.05) is 13.8 Å². The average Bonchev–Trinajstić information content (AvgIpc) is 3.17. The molecule has 0 spiro atoms. The van der Waals surface area contributed by atoms with Crippen molar-refractivity contribution in [2.75, 3.05) is 21.3 Å². The summed E-state index contributed by atoms with van der Waals surface area (Å²) in [5, 5.41) is 11.4. The van der Waals surface area contributed by atoms with E-state index in [1.165, 1.54) is 26.2 Å². The fraction of sp³-hybridized carbons (Fsp3) is 0.276. The Morgan fingerprint density at radius 2 is 1.63 bits per heavy atom. The van der Waals surface area contributed by atoms with E-state index in [1.54, 1.807) is 60.8 Å². The van der Waals surface area contributed by atoms with Crippen LogP contribution in [0.1, 0.15) is 36.7 Å². The van der Waals surface area contributed by atoms with Crippen LogP contribution in [-0.4, -0.2) is 54.1 Å². The number of nitrogens with zero attached hydrogens (tertiary/aromatic N) is 2. The van der Waals surface area contributed by atoms with E-state index < -0.39 is 17.7 Å². The maximum atomic E-state index is 13.4. The van der Waals surface area contributed by atoms with Gasteiger partial charge in [-0.15, -0.1) is 0 Å². The van der Waals surface area contributed by atoms with Crippen molar-refractivity contribution in [1.29, 1.82) is 0 Å². The van der Waals surface area contributed by atoms with Crippen molar-refractivity contribution in [2.45, 2.75) is 32.5 Å². The van der Waals surface area contributed by atoms with Crippen LogP contribution in [0.25, 0.3) is 5.76 Å². The van der Waals surface area contributed by atoms with Crippen LogP contribution < -0.4 is 18.9 Å². The van der Waals surface area contributed by atoms with Gasteiger partial charge in [-0.2, -0.15) is 0 Å². The first kappa shape index (κ1) is 26.5. The van der Waals surface area contributed by atoms with E-state index in [0.29, 0.717) is 39.8 Å². The number of aliphatic hydroxyl groups excluding tert-OH is 1. The number of aliphatic hydroxyl groups is 1. The summed E-state index contributed by atoms with van der Waals surface area (Å²) in [6.45, 7) is 3.87. The molecule has 38 heavy (non-hydrogen) atoms. The van der Waals surface area contributed by atoms with Crippen molar-refractivity contribution >= 4 is 17.4 Å². The Balaban J connectivity index is 1.89. The topological polar surface area (TPSA) is 107 Å². The standard InChI is InChI=1S/C29H30N2O7/c1-17(2)38-21-11-9-18(10-12-21)26(32)24-25(19-14-22(35-3)28(37-5)23(15-19)36-4)31(29(34)27(24)33)16-20-8-6-7-13-30-20/h6-15,17,25,32H,16H2,1-5H3/b26-24+. The summed E-state index contributed by atoms with van der Waals surface area (Å²) in [4.78, 5) is 32.5. The first-order chi connectivity index (χ1) is 18.3. The number of benzene rings is 2. The molecule has 1 saturated heterocycles. The molecule has 1 N–H and O–H groups in total. The molecule has 0 aliphatic carbocycles. The van der Waals surface area contributed by atoms with Crippen molar-refractivity contribution in [1.82, 2.24) is 9.88 Å². The zero-order chi connectivity index (χ0) is 27.4. The lowest BCUT2D eigenvalue weighted by atomic mass is 9.94. The highest BCUT2D eigenvalue weighted by molar-refractivity contribution is 6.46. The SMILES string of the molecule is COc1cc(C2/C(=C(\O)c3ccc(OC(C)C)cc3)C(=O)C(=O)N2Cc2ccccn2)cc(OC)c1OC. The summed E-state index contributed by atoms with van der Waals surface area (Å²) < 4.78 is 22.2. The summed E-state index contributed by atoms with van der Waals surface area (Å²) in [7, 11) is 4.44. The van der Waals surface area contributed by atoms with Gasteiger partial charge in [0.2, 0.25) is 5.75 Å². The number of rotatable bonds is 9. The molecule has 9 heteroatoms. The van der Waals surface area contributed by atoms with Crippen LogP contribution in [0.4, 0.5) is 0 Å². The lowest BCUT2D eigenvalue weighted by molar-refractivity contribution is -0.140. The number of likely N-dealkylation sites (tertiary alicyclic amines) is 1. The van der Waals surface area contributed by atoms with Gasteiger partial charge in [-0.05, 0) is 67.9 Å². The van der Waals surface area contributed by atoms with Crippen molar-refractivity contribution in [3.05, 3.63) is 83.2 Å². The molecule has 1 fully saturated rings. The van der Waals surface area contributed by atoms with Gasteiger partial charge in [0, 0.05) is 11.8 Å². The van der Waals surface area contributed by atoms with E-state index in [9.17, 15) is 14.7 Å². The van der Waals surface area contributed by atoms with Gasteiger partial charge < -0.3 is 29.0 Å². The number of amides is 1. The Bertz CT molecular complexity index is 1330. The maximum absolute atomic E-state index is 13.4. The van der Waals surface area contributed by atoms with Crippen LogP contribution in [0.3, 0.4) is 0 Å². The Kier molecular flexibility index (Phi) is 7.85. The largest absolute Gasteiger partial charge is 0.507 e. The molecule has 9 nitrogen and oxygen atoms in total. The van der Waals surface area contributed by atoms with Crippen molar-refractivity contribution in [3.63, 3.8) is 0 Å². The molecule has 198 valence electrons. The number of Topliss-reactive ketones (excluding diaryl/α,β-unsaturated/α-hetero) is 1. The fourth-order valence-electron chi connectivity index (χ4n) is 4.43.